The molecule has 0 atom stereocenters. The third-order valence-corrected chi connectivity index (χ3v) is 11.4. The summed E-state index contributed by atoms with van der Waals surface area (Å²) in [6.07, 6.45) is 0.477. The molecule has 8 rings (SSSR count). The van der Waals surface area contributed by atoms with Gasteiger partial charge in [0.15, 0.2) is 0 Å². The molecule has 2 aliphatic heterocycles. The average Bonchev–Trinajstić information content (AvgIpc) is 3.71. The number of amides is 4. The molecule has 59 heavy (non-hydrogen) atoms. The van der Waals surface area contributed by atoms with E-state index in [1.807, 2.05) is 42.5 Å². The van der Waals surface area contributed by atoms with Crippen LogP contribution >= 0.6 is 0 Å². The number of carbonyl (C=O) groups excluding carboxylic acids is 3. The van der Waals surface area contributed by atoms with E-state index < -0.39 is 18.4 Å². The first-order chi connectivity index (χ1) is 28.3. The van der Waals surface area contributed by atoms with Crippen LogP contribution in [0.4, 0.5) is 25.0 Å². The summed E-state index contributed by atoms with van der Waals surface area (Å²) in [6.45, 7) is 5.66. The Balaban J connectivity index is 0.988. The van der Waals surface area contributed by atoms with Gasteiger partial charge in [0.2, 0.25) is 5.91 Å². The first-order valence-corrected chi connectivity index (χ1v) is 19.6. The topological polar surface area (TPSA) is 139 Å². The highest BCUT2D eigenvalue weighted by atomic mass is 19.3. The number of fused-ring (bicyclic) bond motifs is 2. The Labute approximate surface area is 339 Å². The predicted molar refractivity (Wildman–Crippen MR) is 221 cm³/mol. The molecule has 2 aliphatic rings. The van der Waals surface area contributed by atoms with Gasteiger partial charge in [0.1, 0.15) is 5.69 Å². The molecule has 2 N–H and O–H groups in total. The largest absolute Gasteiger partial charge is 0.345 e. The fraction of sp³-hybridized carbons (Fsp3) is 0.318. The van der Waals surface area contributed by atoms with Crippen LogP contribution < -0.4 is 21.2 Å². The van der Waals surface area contributed by atoms with Crippen molar-refractivity contribution in [2.75, 3.05) is 18.0 Å². The van der Waals surface area contributed by atoms with E-state index in [0.717, 1.165) is 51.1 Å². The first-order valence-electron chi connectivity index (χ1n) is 19.6. The van der Waals surface area contributed by atoms with Gasteiger partial charge in [0.05, 0.1) is 29.0 Å². The fourth-order valence-corrected chi connectivity index (χ4v) is 8.17. The Morgan fingerprint density at radius 1 is 0.898 bits per heavy atom. The molecule has 1 saturated heterocycles. The number of anilines is 2. The van der Waals surface area contributed by atoms with Gasteiger partial charge in [-0.1, -0.05) is 38.1 Å². The van der Waals surface area contributed by atoms with Gasteiger partial charge in [-0.2, -0.15) is 5.10 Å². The number of pyridine rings is 1. The van der Waals surface area contributed by atoms with Crippen LogP contribution in [0.2, 0.25) is 0 Å². The molecule has 5 heterocycles. The Morgan fingerprint density at radius 2 is 1.71 bits per heavy atom. The van der Waals surface area contributed by atoms with Crippen molar-refractivity contribution in [2.24, 2.45) is 21.1 Å². The van der Waals surface area contributed by atoms with E-state index >= 15 is 0 Å². The number of alkyl halides is 2. The maximum absolute atomic E-state index is 14.9. The highest BCUT2D eigenvalue weighted by molar-refractivity contribution is 5.96. The minimum absolute atomic E-state index is 0.120. The molecule has 0 saturated carbocycles. The number of hydrogen-bond donors (Lipinski definition) is 2. The van der Waals surface area contributed by atoms with Crippen LogP contribution in [0.1, 0.15) is 77.5 Å². The number of urea groups is 1. The molecule has 15 heteroatoms. The summed E-state index contributed by atoms with van der Waals surface area (Å²) < 4.78 is 34.7. The second kappa shape index (κ2) is 15.6. The monoisotopic (exact) mass is 801 g/mol. The Kier molecular flexibility index (Phi) is 10.4. The minimum Gasteiger partial charge on any atom is -0.345 e. The van der Waals surface area contributed by atoms with Crippen molar-refractivity contribution >= 4 is 40.3 Å². The van der Waals surface area contributed by atoms with E-state index in [9.17, 15) is 28.0 Å². The van der Waals surface area contributed by atoms with Crippen molar-refractivity contribution in [3.63, 3.8) is 0 Å². The maximum Gasteiger partial charge on any atom is 0.328 e. The summed E-state index contributed by atoms with van der Waals surface area (Å²) in [5.41, 5.74) is 9.06. The third-order valence-electron chi connectivity index (χ3n) is 11.4. The average molecular weight is 802 g/mol. The molecular weight excluding hydrogens is 757 g/mol. The van der Waals surface area contributed by atoms with Crippen LogP contribution in [0.5, 0.6) is 0 Å². The van der Waals surface area contributed by atoms with E-state index in [4.69, 9.17) is 0 Å². The number of benzene rings is 3. The van der Waals surface area contributed by atoms with E-state index in [2.05, 4.69) is 45.5 Å². The second-order valence-corrected chi connectivity index (χ2v) is 15.6. The van der Waals surface area contributed by atoms with Gasteiger partial charge in [-0.05, 0) is 83.5 Å². The second-order valence-electron chi connectivity index (χ2n) is 15.6. The summed E-state index contributed by atoms with van der Waals surface area (Å²) in [6, 6.07) is 19.7. The van der Waals surface area contributed by atoms with Crippen molar-refractivity contribution < 1.29 is 23.2 Å². The lowest BCUT2D eigenvalue weighted by atomic mass is 9.91. The number of hydrogen-bond acceptors (Lipinski definition) is 7. The Morgan fingerprint density at radius 3 is 2.44 bits per heavy atom. The van der Waals surface area contributed by atoms with Crippen molar-refractivity contribution in [3.05, 3.63) is 117 Å². The van der Waals surface area contributed by atoms with E-state index in [0.29, 0.717) is 48.6 Å². The van der Waals surface area contributed by atoms with Crippen LogP contribution in [-0.4, -0.2) is 59.7 Å². The fourth-order valence-electron chi connectivity index (χ4n) is 8.17. The standard InChI is InChI=1S/C44H45F2N9O4/c1-25(2)32-18-30(20-38-40(32)52(4)44(59)51(38)3)55-14-7-10-28-17-33(34(41(45)46)21-37(28)55)29-11-12-35(47-22-29)42(57)48-23-31-19-36(50-53(31)5)27-9-6-8-26(16-27)24-54-15-13-39(56)49-43(54)58/h6,8-9,11-12,16-22,25,41H,7,10,13-15,23-24H2,1-5H3,(H,48,57)(H,49,56,58). The molecule has 0 bridgehead atoms. The number of rotatable bonds is 10. The zero-order valence-electron chi connectivity index (χ0n) is 33.6. The van der Waals surface area contributed by atoms with Gasteiger partial charge < -0.3 is 15.1 Å². The van der Waals surface area contributed by atoms with E-state index in [-0.39, 0.29) is 41.7 Å². The summed E-state index contributed by atoms with van der Waals surface area (Å²) >= 11 is 0. The number of imidazole rings is 1. The number of nitrogens with zero attached hydrogens (tertiary/aromatic N) is 7. The Bertz CT molecular complexity index is 2700. The lowest BCUT2D eigenvalue weighted by Gasteiger charge is -2.33. The quantitative estimate of drug-likeness (QED) is 0.154. The van der Waals surface area contributed by atoms with Crippen molar-refractivity contribution in [1.29, 1.82) is 0 Å². The number of carbonyl (C=O) groups is 3. The molecule has 1 fully saturated rings. The number of nitrogens with one attached hydrogen (secondary N) is 2. The lowest BCUT2D eigenvalue weighted by Crippen LogP contribution is -2.48. The number of aryl methyl sites for hydroxylation is 4. The van der Waals surface area contributed by atoms with E-state index in [1.165, 1.54) is 12.3 Å². The van der Waals surface area contributed by atoms with Crippen LogP contribution in [0, 0.1) is 0 Å². The zero-order valence-corrected chi connectivity index (χ0v) is 33.6. The summed E-state index contributed by atoms with van der Waals surface area (Å²) in [5.74, 6) is -0.579. The van der Waals surface area contributed by atoms with Gasteiger partial charge in [-0.3, -0.25) is 33.7 Å². The summed E-state index contributed by atoms with van der Waals surface area (Å²) in [4.78, 5) is 58.0. The molecular formula is C44H45F2N9O4. The minimum atomic E-state index is -2.76. The van der Waals surface area contributed by atoms with Crippen molar-refractivity contribution in [2.45, 2.75) is 58.5 Å². The van der Waals surface area contributed by atoms with Gasteiger partial charge in [-0.25, -0.2) is 18.4 Å². The maximum atomic E-state index is 14.9. The first kappa shape index (κ1) is 39.2. The smallest absolute Gasteiger partial charge is 0.328 e. The highest BCUT2D eigenvalue weighted by Gasteiger charge is 2.27. The molecule has 0 spiro atoms. The molecule has 0 aliphatic carbocycles. The van der Waals surface area contributed by atoms with Crippen LogP contribution in [0.15, 0.2) is 77.7 Å². The normalized spacial score (nSPS) is 14.4. The molecule has 4 amide bonds. The summed E-state index contributed by atoms with van der Waals surface area (Å²) in [5, 5.41) is 9.86. The molecule has 3 aromatic carbocycles. The zero-order chi connectivity index (χ0) is 41.7. The van der Waals surface area contributed by atoms with Gasteiger partial charge in [-0.15, -0.1) is 0 Å². The third kappa shape index (κ3) is 7.48. The molecule has 0 radical (unpaired) electrons. The Hall–Kier alpha value is -6.64. The van der Waals surface area contributed by atoms with Crippen molar-refractivity contribution in [1.82, 2.24) is 39.4 Å². The van der Waals surface area contributed by atoms with Crippen molar-refractivity contribution in [3.8, 4) is 22.4 Å². The lowest BCUT2D eigenvalue weighted by molar-refractivity contribution is -0.121. The molecule has 3 aromatic heterocycles. The molecule has 6 aromatic rings. The van der Waals surface area contributed by atoms with Crippen LogP contribution in [0.25, 0.3) is 33.4 Å². The predicted octanol–water partition coefficient (Wildman–Crippen LogP) is 6.86. The summed E-state index contributed by atoms with van der Waals surface area (Å²) in [7, 11) is 5.30. The number of aromatic nitrogens is 5. The molecule has 304 valence electrons. The van der Waals surface area contributed by atoms with Gasteiger partial charge >= 0.3 is 11.7 Å². The van der Waals surface area contributed by atoms with Crippen LogP contribution in [0.3, 0.4) is 0 Å². The highest BCUT2D eigenvalue weighted by Crippen LogP contribution is 2.42. The van der Waals surface area contributed by atoms with Gasteiger partial charge in [0, 0.05) is 81.5 Å². The van der Waals surface area contributed by atoms with E-state index in [1.54, 1.807) is 52.0 Å². The molecule has 13 nitrogen and oxygen atoms in total. The van der Waals surface area contributed by atoms with Gasteiger partial charge in [0.25, 0.3) is 12.3 Å². The SMILES string of the molecule is CC(C)c1cc(N2CCCc3cc(-c4ccc(C(=O)NCc5cc(-c6cccc(CN7CCC(=O)NC7=O)c6)nn5C)nc4)c(C(F)F)cc32)cc2c1n(C)c(=O)n2C. The molecule has 0 unspecified atom stereocenters. The van der Waals surface area contributed by atoms with Crippen LogP contribution in [-0.2, 0) is 45.4 Å². The number of halogens is 2. The number of imide groups is 1.